The molecule has 8 heteroatoms. The summed E-state index contributed by atoms with van der Waals surface area (Å²) >= 11 is 5.46. The Morgan fingerprint density at radius 1 is 1.17 bits per heavy atom. The van der Waals surface area contributed by atoms with Crippen LogP contribution in [0.4, 0.5) is 17.6 Å². The van der Waals surface area contributed by atoms with Crippen molar-refractivity contribution < 1.29 is 4.74 Å². The van der Waals surface area contributed by atoms with Crippen LogP contribution in [0.5, 0.6) is 0 Å². The molecule has 0 radical (unpaired) electrons. The lowest BCUT2D eigenvalue weighted by molar-refractivity contribution is 0.196. The van der Waals surface area contributed by atoms with Crippen molar-refractivity contribution in [2.75, 3.05) is 55.0 Å². The fraction of sp³-hybridized carbons (Fsp3) is 0.762. The van der Waals surface area contributed by atoms with Gasteiger partial charge in [0, 0.05) is 52.0 Å². The van der Waals surface area contributed by atoms with Crippen LogP contribution in [0.25, 0.3) is 0 Å². The zero-order valence-corrected chi connectivity index (χ0v) is 18.9. The molecule has 2 aliphatic rings. The molecule has 0 spiro atoms. The molecule has 3 rings (SSSR count). The van der Waals surface area contributed by atoms with Crippen molar-refractivity contribution >= 4 is 34.9 Å². The minimum atomic E-state index is 0.499. The highest BCUT2D eigenvalue weighted by Gasteiger charge is 2.24. The maximum Gasteiger partial charge on any atom is 0.232 e. The Balaban J connectivity index is 1.77. The predicted molar refractivity (Wildman–Crippen MR) is 124 cm³/mol. The fourth-order valence-electron chi connectivity index (χ4n) is 4.19. The molecule has 0 saturated carbocycles. The maximum absolute atomic E-state index is 5.46. The second kappa shape index (κ2) is 10.9. The molecule has 0 aromatic carbocycles. The summed E-state index contributed by atoms with van der Waals surface area (Å²) < 4.78 is 5.09. The lowest BCUT2D eigenvalue weighted by Crippen LogP contribution is -2.39. The largest absolute Gasteiger partial charge is 0.385 e. The molecule has 2 saturated heterocycles. The number of ether oxygens (including phenoxy) is 1. The van der Waals surface area contributed by atoms with E-state index in [0.29, 0.717) is 29.6 Å². The van der Waals surface area contributed by atoms with Crippen LogP contribution in [-0.4, -0.2) is 61.0 Å². The van der Waals surface area contributed by atoms with Gasteiger partial charge in [-0.1, -0.05) is 6.92 Å². The van der Waals surface area contributed by atoms with Gasteiger partial charge in [0.05, 0.1) is 0 Å². The van der Waals surface area contributed by atoms with Crippen LogP contribution in [0.3, 0.4) is 0 Å². The second-order valence-electron chi connectivity index (χ2n) is 8.37. The van der Waals surface area contributed by atoms with E-state index >= 15 is 0 Å². The Labute approximate surface area is 180 Å². The quantitative estimate of drug-likeness (QED) is 0.514. The molecule has 2 aliphatic heterocycles. The van der Waals surface area contributed by atoms with Crippen molar-refractivity contribution in [3.05, 3.63) is 6.07 Å². The monoisotopic (exact) mass is 420 g/mol. The number of rotatable bonds is 7. The van der Waals surface area contributed by atoms with Gasteiger partial charge in [0.2, 0.25) is 5.95 Å². The van der Waals surface area contributed by atoms with Crippen molar-refractivity contribution in [2.24, 2.45) is 5.92 Å². The lowest BCUT2D eigenvalue weighted by atomic mass is 10.0. The van der Waals surface area contributed by atoms with Gasteiger partial charge in [-0.15, -0.1) is 0 Å². The van der Waals surface area contributed by atoms with Crippen molar-refractivity contribution in [2.45, 2.75) is 58.4 Å². The van der Waals surface area contributed by atoms with Crippen LogP contribution in [0.1, 0.15) is 52.4 Å². The number of hydrogen-bond acceptors (Lipinski definition) is 6. The molecule has 29 heavy (non-hydrogen) atoms. The van der Waals surface area contributed by atoms with E-state index < -0.39 is 0 Å². The number of nitrogens with zero attached hydrogens (tertiary/aromatic N) is 4. The van der Waals surface area contributed by atoms with Crippen molar-refractivity contribution in [3.8, 4) is 0 Å². The van der Waals surface area contributed by atoms with E-state index in [4.69, 9.17) is 26.9 Å². The number of thiocarbonyl (C=S) groups is 1. The molecule has 2 atom stereocenters. The molecule has 2 unspecified atom stereocenters. The summed E-state index contributed by atoms with van der Waals surface area (Å²) in [7, 11) is 1.71. The first-order valence-corrected chi connectivity index (χ1v) is 11.4. The summed E-state index contributed by atoms with van der Waals surface area (Å²) in [5.41, 5.74) is 0. The van der Waals surface area contributed by atoms with E-state index in [1.165, 1.54) is 32.1 Å². The second-order valence-corrected chi connectivity index (χ2v) is 8.78. The molecule has 3 heterocycles. The number of piperidine rings is 2. The molecule has 0 amide bonds. The summed E-state index contributed by atoms with van der Waals surface area (Å²) in [6.45, 7) is 9.23. The average molecular weight is 421 g/mol. The molecule has 0 aliphatic carbocycles. The van der Waals surface area contributed by atoms with Gasteiger partial charge in [0.15, 0.2) is 5.11 Å². The summed E-state index contributed by atoms with van der Waals surface area (Å²) in [5.74, 6) is 3.28. The molecule has 7 nitrogen and oxygen atoms in total. The number of aromatic nitrogens is 2. The summed E-state index contributed by atoms with van der Waals surface area (Å²) in [5, 5.41) is 6.98. The van der Waals surface area contributed by atoms with Crippen LogP contribution in [0.15, 0.2) is 6.07 Å². The van der Waals surface area contributed by atoms with E-state index in [1.807, 2.05) is 0 Å². The Morgan fingerprint density at radius 2 is 2.00 bits per heavy atom. The normalized spacial score (nSPS) is 22.4. The zero-order chi connectivity index (χ0) is 20.6. The molecule has 0 bridgehead atoms. The fourth-order valence-corrected chi connectivity index (χ4v) is 4.38. The highest BCUT2D eigenvalue weighted by Crippen LogP contribution is 2.29. The van der Waals surface area contributed by atoms with Crippen molar-refractivity contribution in [1.82, 2.24) is 15.3 Å². The van der Waals surface area contributed by atoms with Gasteiger partial charge in [0.1, 0.15) is 11.6 Å². The standard InChI is InChI=1S/C21H36N6OS/c1-16-8-6-11-26(15-16)18-14-19(27-12-5-4-9-17(27)2)24-20(23-18)25-21(29)22-10-7-13-28-3/h14,16-17H,4-13,15H2,1-3H3,(H2,22,23,24,25,29). The van der Waals surface area contributed by atoms with Crippen LogP contribution < -0.4 is 20.4 Å². The van der Waals surface area contributed by atoms with E-state index in [9.17, 15) is 0 Å². The van der Waals surface area contributed by atoms with E-state index in [0.717, 1.165) is 44.2 Å². The number of anilines is 3. The summed E-state index contributed by atoms with van der Waals surface area (Å²) in [4.78, 5) is 14.5. The van der Waals surface area contributed by atoms with E-state index in [1.54, 1.807) is 7.11 Å². The lowest BCUT2D eigenvalue weighted by Gasteiger charge is -2.36. The van der Waals surface area contributed by atoms with Gasteiger partial charge >= 0.3 is 0 Å². The predicted octanol–water partition coefficient (Wildman–Crippen LogP) is 3.41. The molecule has 1 aromatic heterocycles. The maximum atomic E-state index is 5.46. The van der Waals surface area contributed by atoms with Crippen LogP contribution >= 0.6 is 12.2 Å². The highest BCUT2D eigenvalue weighted by molar-refractivity contribution is 7.80. The summed E-state index contributed by atoms with van der Waals surface area (Å²) in [6.07, 6.45) is 7.12. The van der Waals surface area contributed by atoms with Gasteiger partial charge in [-0.05, 0) is 63.6 Å². The number of methoxy groups -OCH3 is 1. The molecule has 1 aromatic rings. The zero-order valence-electron chi connectivity index (χ0n) is 18.1. The Kier molecular flexibility index (Phi) is 8.29. The number of hydrogen-bond donors (Lipinski definition) is 2. The third-order valence-corrected chi connectivity index (χ3v) is 6.06. The van der Waals surface area contributed by atoms with Gasteiger partial charge in [-0.25, -0.2) is 0 Å². The molecule has 2 N–H and O–H groups in total. The first-order valence-electron chi connectivity index (χ1n) is 11.0. The first-order chi connectivity index (χ1) is 14.1. The summed E-state index contributed by atoms with van der Waals surface area (Å²) in [6, 6.07) is 2.67. The van der Waals surface area contributed by atoms with E-state index in [2.05, 4.69) is 40.3 Å². The van der Waals surface area contributed by atoms with Crippen LogP contribution in [0, 0.1) is 5.92 Å². The van der Waals surface area contributed by atoms with Gasteiger partial charge in [-0.3, -0.25) is 0 Å². The highest BCUT2D eigenvalue weighted by atomic mass is 32.1. The minimum absolute atomic E-state index is 0.499. The molecule has 162 valence electrons. The first kappa shape index (κ1) is 22.0. The third kappa shape index (κ3) is 6.40. The molecular weight excluding hydrogens is 384 g/mol. The van der Waals surface area contributed by atoms with Gasteiger partial charge < -0.3 is 25.2 Å². The smallest absolute Gasteiger partial charge is 0.232 e. The van der Waals surface area contributed by atoms with Crippen LogP contribution in [0.2, 0.25) is 0 Å². The average Bonchev–Trinajstić information content (AvgIpc) is 2.71. The minimum Gasteiger partial charge on any atom is -0.385 e. The Hall–Kier alpha value is -1.67. The Morgan fingerprint density at radius 3 is 2.76 bits per heavy atom. The number of nitrogens with one attached hydrogen (secondary N) is 2. The molecule has 2 fully saturated rings. The topological polar surface area (TPSA) is 65.6 Å². The van der Waals surface area contributed by atoms with Crippen LogP contribution in [-0.2, 0) is 4.74 Å². The Bertz CT molecular complexity index is 673. The van der Waals surface area contributed by atoms with Gasteiger partial charge in [0.25, 0.3) is 0 Å². The van der Waals surface area contributed by atoms with E-state index in [-0.39, 0.29) is 0 Å². The third-order valence-electron chi connectivity index (χ3n) is 5.81. The van der Waals surface area contributed by atoms with Gasteiger partial charge in [-0.2, -0.15) is 9.97 Å². The van der Waals surface area contributed by atoms with Crippen molar-refractivity contribution in [3.63, 3.8) is 0 Å². The molecular formula is C21H36N6OS. The van der Waals surface area contributed by atoms with Crippen molar-refractivity contribution in [1.29, 1.82) is 0 Å². The SMILES string of the molecule is COCCCNC(=S)Nc1nc(N2CCCC(C)C2)cc(N2CCCCC2C)n1.